The van der Waals surface area contributed by atoms with Gasteiger partial charge in [0.2, 0.25) is 0 Å². The van der Waals surface area contributed by atoms with E-state index in [1.807, 2.05) is 12.1 Å². The lowest BCUT2D eigenvalue weighted by Crippen LogP contribution is -2.35. The minimum Gasteiger partial charge on any atom is -0.349 e. The van der Waals surface area contributed by atoms with Crippen molar-refractivity contribution in [1.29, 1.82) is 0 Å². The summed E-state index contributed by atoms with van der Waals surface area (Å²) in [6, 6.07) is 8.00. The van der Waals surface area contributed by atoms with E-state index < -0.39 is 0 Å². The molecule has 0 bridgehead atoms. The van der Waals surface area contributed by atoms with E-state index in [0.29, 0.717) is 18.5 Å². The summed E-state index contributed by atoms with van der Waals surface area (Å²) in [5.74, 6) is 0.769. The first-order chi connectivity index (χ1) is 13.1. The second-order valence-electron chi connectivity index (χ2n) is 7.65. The predicted octanol–water partition coefficient (Wildman–Crippen LogP) is 1.31. The number of carbonyl (C=O) groups is 1. The molecule has 1 N–H and O–H groups in total. The topological polar surface area (TPSA) is 72.2 Å². The lowest BCUT2D eigenvalue weighted by molar-refractivity contribution is 0.0933. The number of amides is 1. The molecule has 7 nitrogen and oxygen atoms in total. The lowest BCUT2D eigenvalue weighted by Gasteiger charge is -2.17. The number of hydrogen-bond donors (Lipinski definition) is 1. The van der Waals surface area contributed by atoms with Gasteiger partial charge in [-0.3, -0.25) is 14.3 Å². The maximum absolute atomic E-state index is 12.6. The minimum atomic E-state index is -0.0782. The molecule has 4 rings (SSSR count). The van der Waals surface area contributed by atoms with E-state index in [1.165, 1.54) is 36.2 Å². The van der Waals surface area contributed by atoms with Crippen LogP contribution in [0.3, 0.4) is 0 Å². The van der Waals surface area contributed by atoms with Crippen LogP contribution in [0.5, 0.6) is 0 Å². The van der Waals surface area contributed by atoms with Crippen LogP contribution >= 0.6 is 0 Å². The molecule has 2 aliphatic heterocycles. The second-order valence-corrected chi connectivity index (χ2v) is 7.65. The molecule has 1 unspecified atom stereocenters. The smallest absolute Gasteiger partial charge is 0.345 e. The molecule has 7 heteroatoms. The Labute approximate surface area is 159 Å². The summed E-state index contributed by atoms with van der Waals surface area (Å²) in [6.45, 7) is 3.90. The number of aromatic nitrogens is 3. The third-order valence-corrected chi connectivity index (χ3v) is 5.66. The summed E-state index contributed by atoms with van der Waals surface area (Å²) in [5.41, 5.74) is 1.87. The van der Waals surface area contributed by atoms with Gasteiger partial charge in [-0.15, -0.1) is 0 Å². The van der Waals surface area contributed by atoms with Gasteiger partial charge in [0.15, 0.2) is 0 Å². The monoisotopic (exact) mass is 369 g/mol. The average Bonchev–Trinajstić information content (AvgIpc) is 3.21. The maximum Gasteiger partial charge on any atom is 0.345 e. The van der Waals surface area contributed by atoms with Gasteiger partial charge in [-0.1, -0.05) is 12.1 Å². The van der Waals surface area contributed by atoms with Crippen LogP contribution in [-0.2, 0) is 26.6 Å². The lowest BCUT2D eigenvalue weighted by atomic mass is 10.1. The van der Waals surface area contributed by atoms with Crippen LogP contribution < -0.4 is 11.0 Å². The van der Waals surface area contributed by atoms with Gasteiger partial charge in [-0.05, 0) is 56.5 Å². The Hall–Kier alpha value is -2.41. The van der Waals surface area contributed by atoms with Gasteiger partial charge in [0, 0.05) is 38.2 Å². The number of rotatable bonds is 4. The number of hydrogen-bond acceptors (Lipinski definition) is 4. The molecule has 1 amide bonds. The number of aryl methyl sites for hydroxylation is 2. The summed E-state index contributed by atoms with van der Waals surface area (Å²) < 4.78 is 3.11. The molecule has 1 fully saturated rings. The first-order valence-corrected chi connectivity index (χ1v) is 9.85. The largest absolute Gasteiger partial charge is 0.349 e. The van der Waals surface area contributed by atoms with Gasteiger partial charge >= 0.3 is 5.69 Å². The molecule has 2 aliphatic rings. The van der Waals surface area contributed by atoms with Gasteiger partial charge in [0.25, 0.3) is 5.91 Å². The Morgan fingerprint density at radius 2 is 1.89 bits per heavy atom. The van der Waals surface area contributed by atoms with E-state index in [-0.39, 0.29) is 17.6 Å². The Morgan fingerprint density at radius 3 is 2.63 bits per heavy atom. The fraction of sp³-hybridized carbons (Fsp3) is 0.550. The normalized spacial score (nSPS) is 20.3. The zero-order chi connectivity index (χ0) is 18.8. The SMILES string of the molecule is Cn1nc2n(c1=O)CCC(NC(=O)c1ccc(CN3CCCC3)cc1)CC2. The standard InChI is InChI=1S/C20H27N5O2/c1-23-20(27)25-13-10-17(8-9-18(25)22-23)21-19(26)16-6-4-15(5-7-16)14-24-11-2-3-12-24/h4-7,17H,2-3,8-14H2,1H3,(H,21,26). The number of fused-ring (bicyclic) bond motifs is 1. The van der Waals surface area contributed by atoms with Crippen LogP contribution in [0.2, 0.25) is 0 Å². The molecule has 1 saturated heterocycles. The van der Waals surface area contributed by atoms with E-state index in [1.54, 1.807) is 11.6 Å². The van der Waals surface area contributed by atoms with Crippen molar-refractivity contribution in [3.05, 3.63) is 51.7 Å². The van der Waals surface area contributed by atoms with E-state index in [0.717, 1.165) is 25.2 Å². The minimum absolute atomic E-state index is 0.0415. The molecule has 2 aromatic rings. The Bertz CT molecular complexity index is 861. The fourth-order valence-corrected chi connectivity index (χ4v) is 4.07. The second kappa shape index (κ2) is 7.68. The van der Waals surface area contributed by atoms with Gasteiger partial charge in [0.05, 0.1) is 0 Å². The highest BCUT2D eigenvalue weighted by Gasteiger charge is 2.21. The number of carbonyl (C=O) groups excluding carboxylic acids is 1. The van der Waals surface area contributed by atoms with E-state index in [9.17, 15) is 9.59 Å². The molecule has 144 valence electrons. The summed E-state index contributed by atoms with van der Waals surface area (Å²) in [4.78, 5) is 27.1. The van der Waals surface area contributed by atoms with Crippen molar-refractivity contribution >= 4 is 5.91 Å². The van der Waals surface area contributed by atoms with Crippen LogP contribution in [0.15, 0.2) is 29.1 Å². The highest BCUT2D eigenvalue weighted by molar-refractivity contribution is 5.94. The van der Waals surface area contributed by atoms with Crippen molar-refractivity contribution in [1.82, 2.24) is 24.6 Å². The molecular weight excluding hydrogens is 342 g/mol. The Morgan fingerprint density at radius 1 is 1.15 bits per heavy atom. The van der Waals surface area contributed by atoms with E-state index in [4.69, 9.17) is 0 Å². The van der Waals surface area contributed by atoms with Crippen molar-refractivity contribution in [2.75, 3.05) is 13.1 Å². The van der Waals surface area contributed by atoms with Crippen LogP contribution in [0.1, 0.15) is 47.4 Å². The molecule has 1 aromatic heterocycles. The quantitative estimate of drug-likeness (QED) is 0.882. The van der Waals surface area contributed by atoms with Crippen molar-refractivity contribution < 1.29 is 4.79 Å². The molecule has 3 heterocycles. The van der Waals surface area contributed by atoms with Gasteiger partial charge < -0.3 is 5.32 Å². The zero-order valence-electron chi connectivity index (χ0n) is 15.9. The van der Waals surface area contributed by atoms with Crippen LogP contribution in [0.25, 0.3) is 0 Å². The summed E-state index contributed by atoms with van der Waals surface area (Å²) in [6.07, 6.45) is 4.82. The summed E-state index contributed by atoms with van der Waals surface area (Å²) in [7, 11) is 1.68. The third-order valence-electron chi connectivity index (χ3n) is 5.66. The van der Waals surface area contributed by atoms with Crippen molar-refractivity contribution in [2.45, 2.75) is 51.2 Å². The molecule has 0 radical (unpaired) electrons. The molecule has 1 atom stereocenters. The molecule has 0 aliphatic carbocycles. The van der Waals surface area contributed by atoms with E-state index in [2.05, 4.69) is 27.4 Å². The molecular formula is C20H27N5O2. The van der Waals surface area contributed by atoms with Crippen molar-refractivity contribution in [3.8, 4) is 0 Å². The molecule has 1 aromatic carbocycles. The summed E-state index contributed by atoms with van der Waals surface area (Å²) in [5, 5.41) is 7.41. The number of likely N-dealkylation sites (tertiary alicyclic amines) is 1. The first-order valence-electron chi connectivity index (χ1n) is 9.85. The highest BCUT2D eigenvalue weighted by atomic mass is 16.2. The predicted molar refractivity (Wildman–Crippen MR) is 103 cm³/mol. The Kier molecular flexibility index (Phi) is 5.11. The Balaban J connectivity index is 1.34. The van der Waals surface area contributed by atoms with Gasteiger partial charge in [0.1, 0.15) is 5.82 Å². The summed E-state index contributed by atoms with van der Waals surface area (Å²) >= 11 is 0. The molecule has 27 heavy (non-hydrogen) atoms. The van der Waals surface area contributed by atoms with Crippen LogP contribution in [0.4, 0.5) is 0 Å². The van der Waals surface area contributed by atoms with Crippen LogP contribution in [0, 0.1) is 0 Å². The third kappa shape index (κ3) is 3.98. The molecule has 0 saturated carbocycles. The van der Waals surface area contributed by atoms with Crippen LogP contribution in [-0.4, -0.2) is 44.3 Å². The van der Waals surface area contributed by atoms with Gasteiger partial charge in [-0.25, -0.2) is 9.48 Å². The van der Waals surface area contributed by atoms with E-state index >= 15 is 0 Å². The average molecular weight is 369 g/mol. The molecule has 0 spiro atoms. The first kappa shape index (κ1) is 18.0. The fourth-order valence-electron chi connectivity index (χ4n) is 4.07. The van der Waals surface area contributed by atoms with Gasteiger partial charge in [-0.2, -0.15) is 5.10 Å². The van der Waals surface area contributed by atoms with Crippen molar-refractivity contribution in [3.63, 3.8) is 0 Å². The number of nitrogens with zero attached hydrogens (tertiary/aromatic N) is 4. The zero-order valence-corrected chi connectivity index (χ0v) is 15.9. The van der Waals surface area contributed by atoms with Crippen molar-refractivity contribution in [2.24, 2.45) is 7.05 Å². The number of benzene rings is 1. The maximum atomic E-state index is 12.6. The highest BCUT2D eigenvalue weighted by Crippen LogP contribution is 2.15. The number of nitrogens with one attached hydrogen (secondary N) is 1.